The minimum atomic E-state index is -0.0897. The maximum atomic E-state index is 11.9. The van der Waals surface area contributed by atoms with Gasteiger partial charge < -0.3 is 10.6 Å². The van der Waals surface area contributed by atoms with Gasteiger partial charge in [-0.3, -0.25) is 4.79 Å². The number of halogens is 1. The number of anilines is 1. The van der Waals surface area contributed by atoms with E-state index in [2.05, 4.69) is 23.6 Å². The lowest BCUT2D eigenvalue weighted by atomic mass is 10.2. The number of para-hydroxylation sites is 1. The molecule has 0 saturated carbocycles. The van der Waals surface area contributed by atoms with Crippen molar-refractivity contribution in [3.63, 3.8) is 0 Å². The second-order valence-electron chi connectivity index (χ2n) is 4.39. The van der Waals surface area contributed by atoms with E-state index in [0.29, 0.717) is 10.7 Å². The highest BCUT2D eigenvalue weighted by molar-refractivity contribution is 7.10. The average molecular weight is 309 g/mol. The zero-order valence-electron chi connectivity index (χ0n) is 11.2. The summed E-state index contributed by atoms with van der Waals surface area (Å²) in [4.78, 5) is 13.2. The predicted octanol–water partition coefficient (Wildman–Crippen LogP) is 4.08. The first-order valence-corrected chi connectivity index (χ1v) is 7.77. The molecule has 0 aliphatic carbocycles. The third kappa shape index (κ3) is 4.07. The summed E-state index contributed by atoms with van der Waals surface area (Å²) in [5, 5.41) is 8.66. The molecule has 0 radical (unpaired) electrons. The van der Waals surface area contributed by atoms with Gasteiger partial charge in [0.05, 0.1) is 17.3 Å². The van der Waals surface area contributed by atoms with Gasteiger partial charge in [0, 0.05) is 10.9 Å². The summed E-state index contributed by atoms with van der Waals surface area (Å²) >= 11 is 7.70. The van der Waals surface area contributed by atoms with Crippen LogP contribution in [0.1, 0.15) is 24.3 Å². The zero-order chi connectivity index (χ0) is 14.4. The molecule has 106 valence electrons. The Hall–Kier alpha value is -1.36. The van der Waals surface area contributed by atoms with E-state index in [-0.39, 0.29) is 18.5 Å². The van der Waals surface area contributed by atoms with Crippen LogP contribution in [-0.2, 0) is 4.79 Å². The molecule has 0 aliphatic rings. The minimum Gasteiger partial charge on any atom is -0.324 e. The van der Waals surface area contributed by atoms with Gasteiger partial charge in [0.1, 0.15) is 0 Å². The summed E-state index contributed by atoms with van der Waals surface area (Å²) < 4.78 is 0. The summed E-state index contributed by atoms with van der Waals surface area (Å²) in [7, 11) is 0. The molecule has 20 heavy (non-hydrogen) atoms. The number of benzene rings is 1. The molecule has 0 fully saturated rings. The van der Waals surface area contributed by atoms with E-state index >= 15 is 0 Å². The predicted molar refractivity (Wildman–Crippen MR) is 85.4 cm³/mol. The number of hydrogen-bond acceptors (Lipinski definition) is 3. The quantitative estimate of drug-likeness (QED) is 0.844. The number of nitrogens with one attached hydrogen (secondary N) is 2. The van der Waals surface area contributed by atoms with Crippen molar-refractivity contribution < 1.29 is 4.79 Å². The summed E-state index contributed by atoms with van der Waals surface area (Å²) in [6.45, 7) is 2.37. The second kappa shape index (κ2) is 7.43. The highest BCUT2D eigenvalue weighted by Crippen LogP contribution is 2.22. The largest absolute Gasteiger partial charge is 0.324 e. The normalized spacial score (nSPS) is 12.1. The lowest BCUT2D eigenvalue weighted by molar-refractivity contribution is -0.115. The van der Waals surface area contributed by atoms with Crippen molar-refractivity contribution in [3.05, 3.63) is 51.7 Å². The van der Waals surface area contributed by atoms with Gasteiger partial charge in [0.25, 0.3) is 0 Å². The Morgan fingerprint density at radius 1 is 1.30 bits per heavy atom. The second-order valence-corrected chi connectivity index (χ2v) is 5.77. The number of amides is 1. The molecular weight excluding hydrogens is 292 g/mol. The van der Waals surface area contributed by atoms with E-state index < -0.39 is 0 Å². The molecule has 1 unspecified atom stereocenters. The summed E-state index contributed by atoms with van der Waals surface area (Å²) in [6.07, 6.45) is 0.944. The van der Waals surface area contributed by atoms with Crippen LogP contribution in [0.3, 0.4) is 0 Å². The van der Waals surface area contributed by atoms with Gasteiger partial charge in [-0.1, -0.05) is 36.7 Å². The van der Waals surface area contributed by atoms with Crippen LogP contribution in [-0.4, -0.2) is 12.5 Å². The fraction of sp³-hybridized carbons (Fsp3) is 0.267. The summed E-state index contributed by atoms with van der Waals surface area (Å²) in [5.41, 5.74) is 0.644. The van der Waals surface area contributed by atoms with E-state index in [1.54, 1.807) is 23.5 Å². The summed E-state index contributed by atoms with van der Waals surface area (Å²) in [6, 6.07) is 11.5. The molecule has 0 bridgehead atoms. The SMILES string of the molecule is CCC(NCC(=O)Nc1ccccc1Cl)c1cccs1. The molecule has 2 N–H and O–H groups in total. The third-order valence-corrected chi connectivity index (χ3v) is 4.27. The molecule has 1 heterocycles. The van der Waals surface area contributed by atoms with Gasteiger partial charge in [0.2, 0.25) is 5.91 Å². The molecule has 1 atom stereocenters. The molecule has 5 heteroatoms. The molecule has 0 spiro atoms. The van der Waals surface area contributed by atoms with Crippen molar-refractivity contribution in [2.24, 2.45) is 0 Å². The van der Waals surface area contributed by atoms with Crippen LogP contribution in [0.2, 0.25) is 5.02 Å². The maximum absolute atomic E-state index is 11.9. The van der Waals surface area contributed by atoms with Gasteiger partial charge in [-0.25, -0.2) is 0 Å². The van der Waals surface area contributed by atoms with E-state index in [0.717, 1.165) is 6.42 Å². The third-order valence-electron chi connectivity index (χ3n) is 2.95. The minimum absolute atomic E-state index is 0.0897. The van der Waals surface area contributed by atoms with E-state index in [9.17, 15) is 4.79 Å². The van der Waals surface area contributed by atoms with Gasteiger partial charge in [-0.05, 0) is 30.0 Å². The van der Waals surface area contributed by atoms with Gasteiger partial charge >= 0.3 is 0 Å². The van der Waals surface area contributed by atoms with Crippen LogP contribution in [0.4, 0.5) is 5.69 Å². The van der Waals surface area contributed by atoms with Crippen molar-refractivity contribution in [2.45, 2.75) is 19.4 Å². The highest BCUT2D eigenvalue weighted by atomic mass is 35.5. The molecular formula is C15H17ClN2OS. The van der Waals surface area contributed by atoms with Crippen molar-refractivity contribution in [1.29, 1.82) is 0 Å². The molecule has 2 aromatic rings. The standard InChI is InChI=1S/C15H17ClN2OS/c1-2-12(14-8-5-9-20-14)17-10-15(19)18-13-7-4-3-6-11(13)16/h3-9,12,17H,2,10H2,1H3,(H,18,19). The van der Waals surface area contributed by atoms with Crippen LogP contribution in [0.5, 0.6) is 0 Å². The molecule has 1 aromatic carbocycles. The molecule has 0 saturated heterocycles. The Bertz CT molecular complexity index is 557. The number of hydrogen-bond donors (Lipinski definition) is 2. The topological polar surface area (TPSA) is 41.1 Å². The van der Waals surface area contributed by atoms with Crippen LogP contribution in [0.15, 0.2) is 41.8 Å². The van der Waals surface area contributed by atoms with E-state index in [4.69, 9.17) is 11.6 Å². The van der Waals surface area contributed by atoms with Crippen molar-refractivity contribution in [3.8, 4) is 0 Å². The van der Waals surface area contributed by atoms with E-state index in [1.165, 1.54) is 4.88 Å². The Morgan fingerprint density at radius 3 is 2.75 bits per heavy atom. The van der Waals surface area contributed by atoms with Crippen LogP contribution in [0.25, 0.3) is 0 Å². The molecule has 1 amide bonds. The summed E-state index contributed by atoms with van der Waals surface area (Å²) in [5.74, 6) is -0.0897. The maximum Gasteiger partial charge on any atom is 0.238 e. The molecule has 1 aromatic heterocycles. The average Bonchev–Trinajstić information content (AvgIpc) is 2.96. The molecule has 3 nitrogen and oxygen atoms in total. The molecule has 2 rings (SSSR count). The van der Waals surface area contributed by atoms with Crippen molar-refractivity contribution in [1.82, 2.24) is 5.32 Å². The van der Waals surface area contributed by atoms with Crippen LogP contribution >= 0.6 is 22.9 Å². The van der Waals surface area contributed by atoms with Crippen molar-refractivity contribution in [2.75, 3.05) is 11.9 Å². The Kier molecular flexibility index (Phi) is 5.59. The number of thiophene rings is 1. The number of carbonyl (C=O) groups is 1. The number of rotatable bonds is 6. The van der Waals surface area contributed by atoms with Crippen molar-refractivity contribution >= 4 is 34.5 Å². The lowest BCUT2D eigenvalue weighted by Gasteiger charge is -2.15. The van der Waals surface area contributed by atoms with Gasteiger partial charge in [-0.2, -0.15) is 0 Å². The van der Waals surface area contributed by atoms with Crippen LogP contribution in [0, 0.1) is 0 Å². The smallest absolute Gasteiger partial charge is 0.238 e. The first-order valence-electron chi connectivity index (χ1n) is 6.52. The fourth-order valence-corrected chi connectivity index (χ4v) is 2.98. The first-order chi connectivity index (χ1) is 9.70. The Balaban J connectivity index is 1.87. The Morgan fingerprint density at radius 2 is 2.10 bits per heavy atom. The van der Waals surface area contributed by atoms with Gasteiger partial charge in [0.15, 0.2) is 0 Å². The van der Waals surface area contributed by atoms with Crippen LogP contribution < -0.4 is 10.6 Å². The van der Waals surface area contributed by atoms with Gasteiger partial charge in [-0.15, -0.1) is 11.3 Å². The van der Waals surface area contributed by atoms with E-state index in [1.807, 2.05) is 23.6 Å². The lowest BCUT2D eigenvalue weighted by Crippen LogP contribution is -2.30. The first kappa shape index (κ1) is 15.0. The monoisotopic (exact) mass is 308 g/mol. The highest BCUT2D eigenvalue weighted by Gasteiger charge is 2.12. The Labute approximate surface area is 128 Å². The fourth-order valence-electron chi connectivity index (χ4n) is 1.91. The molecule has 0 aliphatic heterocycles. The zero-order valence-corrected chi connectivity index (χ0v) is 12.8. The number of carbonyl (C=O) groups excluding carboxylic acids is 1.